The van der Waals surface area contributed by atoms with Crippen LogP contribution in [-0.4, -0.2) is 133 Å². The summed E-state index contributed by atoms with van der Waals surface area (Å²) in [5.41, 5.74) is 2.17. The van der Waals surface area contributed by atoms with E-state index in [0.717, 1.165) is 49.7 Å². The first-order valence-electron chi connectivity index (χ1n) is 20.1. The van der Waals surface area contributed by atoms with E-state index in [4.69, 9.17) is 42.6 Å². The normalized spacial score (nSPS) is 52.4. The van der Waals surface area contributed by atoms with Gasteiger partial charge in [-0.25, -0.2) is 0 Å². The van der Waals surface area contributed by atoms with Crippen molar-refractivity contribution in [2.45, 2.75) is 194 Å². The van der Waals surface area contributed by atoms with E-state index in [-0.39, 0.29) is 123 Å². The molecule has 0 aromatic rings. The van der Waals surface area contributed by atoms with Gasteiger partial charge in [-0.2, -0.15) is 0 Å². The summed E-state index contributed by atoms with van der Waals surface area (Å²) in [6.07, 6.45) is 4.01. The number of hydrogen-bond donors (Lipinski definition) is 2. The lowest BCUT2D eigenvalue weighted by Crippen LogP contribution is -2.61. The van der Waals surface area contributed by atoms with Crippen molar-refractivity contribution >= 4 is 5.78 Å². The molecule has 10 saturated heterocycles. The van der Waals surface area contributed by atoms with Crippen LogP contribution in [-0.2, 0) is 47.4 Å². The second-order valence-electron chi connectivity index (χ2n) is 17.4. The fourth-order valence-corrected chi connectivity index (χ4v) is 11.3. The fourth-order valence-electron chi connectivity index (χ4n) is 11.3. The lowest BCUT2D eigenvalue weighted by Gasteiger charge is -2.47. The van der Waals surface area contributed by atoms with Gasteiger partial charge in [0.1, 0.15) is 36.3 Å². The van der Waals surface area contributed by atoms with Gasteiger partial charge in [-0.05, 0) is 62.0 Å². The highest BCUT2D eigenvalue weighted by molar-refractivity contribution is 5.79. The molecule has 0 radical (unpaired) electrons. The third-order valence-electron chi connectivity index (χ3n) is 13.9. The summed E-state index contributed by atoms with van der Waals surface area (Å²) in [6.45, 7) is 10.7. The number of ketones is 1. The van der Waals surface area contributed by atoms with Crippen LogP contribution < -0.4 is 0 Å². The van der Waals surface area contributed by atoms with Gasteiger partial charge in [-0.1, -0.05) is 20.1 Å². The quantitative estimate of drug-likeness (QED) is 0.410. The van der Waals surface area contributed by atoms with Crippen LogP contribution in [0.3, 0.4) is 0 Å². The standard InChI is InChI=1S/C40H58O12/c1-19-11-24-5-7-28-20(2)12-26(45-28)9-10-40-17-33-36(51-40)37-38(50-33)39(52-40)35-29(49-37)8-6-25(47-35)13-22(42)14-27-31(16-30(46-24)21(19)3)48-32(34(27)44-4)15-23(43)18-41/h19,23-39,41,43H,2-3,5-18H2,1,4H3/t19-,23+,24?,25?,26+,27?,28?,29+,30?,31+,32?,33-,34-,35+,36+,37+,38-,39+,40+/m1/s1. The summed E-state index contributed by atoms with van der Waals surface area (Å²) in [6, 6.07) is 0. The van der Waals surface area contributed by atoms with Crippen molar-refractivity contribution in [1.29, 1.82) is 0 Å². The SMILES string of the molecule is C=C1C[C@@H]2CC[C@@]34C[C@H]5O[C@H]6[C@@H](O3)[C@H]3OC(CC[C@@H]3O[C@H]6[C@H]5O4)CC(=O)CC3[C@@H](OC)C(C[C@H](O)CO)O[C@H]3CC3OC(CCC1O2)C[C@@H](C)C3=C. The molecule has 1 spiro atoms. The molecule has 10 fully saturated rings. The lowest BCUT2D eigenvalue weighted by molar-refractivity contribution is -0.292. The Bertz CT molecular complexity index is 1370. The van der Waals surface area contributed by atoms with Gasteiger partial charge in [0.15, 0.2) is 5.79 Å². The predicted octanol–water partition coefficient (Wildman–Crippen LogP) is 3.47. The zero-order valence-corrected chi connectivity index (χ0v) is 30.7. The second kappa shape index (κ2) is 14.3. The second-order valence-corrected chi connectivity index (χ2v) is 17.4. The highest BCUT2D eigenvalue weighted by Gasteiger charge is 2.68. The zero-order chi connectivity index (χ0) is 35.9. The Morgan fingerprint density at radius 3 is 2.37 bits per heavy atom. The molecule has 10 rings (SSSR count). The number of fused-ring (bicyclic) bond motifs is 6. The Hall–Kier alpha value is -1.29. The first-order valence-corrected chi connectivity index (χ1v) is 20.1. The predicted molar refractivity (Wildman–Crippen MR) is 184 cm³/mol. The Morgan fingerprint density at radius 2 is 1.54 bits per heavy atom. The zero-order valence-electron chi connectivity index (χ0n) is 30.7. The molecule has 10 aliphatic heterocycles. The summed E-state index contributed by atoms with van der Waals surface area (Å²) in [5, 5.41) is 20.1. The number of rotatable bonds is 4. The summed E-state index contributed by atoms with van der Waals surface area (Å²) >= 11 is 0. The van der Waals surface area contributed by atoms with Crippen LogP contribution in [0.2, 0.25) is 0 Å². The molecule has 12 bridgehead atoms. The molecule has 10 heterocycles. The largest absolute Gasteiger partial charge is 0.394 e. The molecule has 0 aromatic heterocycles. The molecule has 2 N–H and O–H groups in total. The van der Waals surface area contributed by atoms with Crippen molar-refractivity contribution < 1.29 is 57.6 Å². The first kappa shape index (κ1) is 36.4. The number of aliphatic hydroxyl groups excluding tert-OH is 2. The van der Waals surface area contributed by atoms with Crippen LogP contribution in [0.25, 0.3) is 0 Å². The van der Waals surface area contributed by atoms with E-state index in [9.17, 15) is 15.0 Å². The molecule has 6 unspecified atom stereocenters. The Kier molecular flexibility index (Phi) is 10.0. The average Bonchev–Trinajstić information content (AvgIpc) is 3.79. The molecule has 0 aliphatic carbocycles. The molecule has 0 saturated carbocycles. The molecule has 0 aromatic carbocycles. The van der Waals surface area contributed by atoms with Crippen molar-refractivity contribution in [3.8, 4) is 0 Å². The Balaban J connectivity index is 0.994. The summed E-state index contributed by atoms with van der Waals surface area (Å²) in [7, 11) is 1.63. The summed E-state index contributed by atoms with van der Waals surface area (Å²) in [4.78, 5) is 14.0. The number of ether oxygens (including phenoxy) is 9. The molecule has 12 heteroatoms. The number of aliphatic hydroxyl groups is 2. The van der Waals surface area contributed by atoms with Gasteiger partial charge in [0, 0.05) is 51.6 Å². The van der Waals surface area contributed by atoms with E-state index in [0.29, 0.717) is 25.7 Å². The van der Waals surface area contributed by atoms with Crippen molar-refractivity contribution in [2.24, 2.45) is 11.8 Å². The minimum absolute atomic E-state index is 0.0260. The third-order valence-corrected chi connectivity index (χ3v) is 13.9. The fraction of sp³-hybridized carbons (Fsp3) is 0.875. The minimum atomic E-state index is -0.951. The van der Waals surface area contributed by atoms with Crippen molar-refractivity contribution in [3.05, 3.63) is 24.3 Å². The number of Topliss-reactive ketones (excluding diaryl/α,β-unsaturated/α-hetero) is 1. The smallest absolute Gasteiger partial charge is 0.172 e. The molecule has 290 valence electrons. The molecule has 0 amide bonds. The Labute approximate surface area is 306 Å². The number of hydrogen-bond acceptors (Lipinski definition) is 12. The molecule has 52 heavy (non-hydrogen) atoms. The number of carbonyl (C=O) groups excluding carboxylic acids is 1. The number of methoxy groups -OCH3 is 1. The molecule has 19 atom stereocenters. The number of carbonyl (C=O) groups is 1. The van der Waals surface area contributed by atoms with E-state index in [1.165, 1.54) is 0 Å². The minimum Gasteiger partial charge on any atom is -0.394 e. The van der Waals surface area contributed by atoms with E-state index >= 15 is 0 Å². The van der Waals surface area contributed by atoms with Gasteiger partial charge in [0.25, 0.3) is 0 Å². The van der Waals surface area contributed by atoms with Crippen molar-refractivity contribution in [3.63, 3.8) is 0 Å². The van der Waals surface area contributed by atoms with Gasteiger partial charge in [-0.3, -0.25) is 4.79 Å². The van der Waals surface area contributed by atoms with E-state index < -0.39 is 24.1 Å². The van der Waals surface area contributed by atoms with Crippen LogP contribution in [0.15, 0.2) is 24.3 Å². The Morgan fingerprint density at radius 1 is 0.788 bits per heavy atom. The average molecular weight is 731 g/mol. The van der Waals surface area contributed by atoms with E-state index in [1.807, 2.05) is 0 Å². The highest BCUT2D eigenvalue weighted by atomic mass is 16.8. The maximum absolute atomic E-state index is 14.0. The molecule has 10 aliphatic rings. The van der Waals surface area contributed by atoms with Crippen LogP contribution in [0.4, 0.5) is 0 Å². The molecule has 12 nitrogen and oxygen atoms in total. The maximum Gasteiger partial charge on any atom is 0.172 e. The summed E-state index contributed by atoms with van der Waals surface area (Å²) < 4.78 is 59.8. The van der Waals surface area contributed by atoms with Gasteiger partial charge in [0.05, 0.1) is 73.8 Å². The summed E-state index contributed by atoms with van der Waals surface area (Å²) in [5.74, 6) is -0.709. The van der Waals surface area contributed by atoms with Crippen molar-refractivity contribution in [2.75, 3.05) is 13.7 Å². The molecular weight excluding hydrogens is 672 g/mol. The molecular formula is C40H58O12. The van der Waals surface area contributed by atoms with E-state index in [2.05, 4.69) is 20.1 Å². The van der Waals surface area contributed by atoms with E-state index in [1.54, 1.807) is 7.11 Å². The van der Waals surface area contributed by atoms with Gasteiger partial charge in [0.2, 0.25) is 0 Å². The van der Waals surface area contributed by atoms with Crippen LogP contribution >= 0.6 is 0 Å². The van der Waals surface area contributed by atoms with Crippen LogP contribution in [0.5, 0.6) is 0 Å². The monoisotopic (exact) mass is 730 g/mol. The van der Waals surface area contributed by atoms with Crippen LogP contribution in [0.1, 0.15) is 90.4 Å². The van der Waals surface area contributed by atoms with Gasteiger partial charge >= 0.3 is 0 Å². The first-order chi connectivity index (χ1) is 25.1. The van der Waals surface area contributed by atoms with Gasteiger partial charge in [-0.15, -0.1) is 0 Å². The maximum atomic E-state index is 14.0. The highest BCUT2D eigenvalue weighted by Crippen LogP contribution is 2.54. The lowest BCUT2D eigenvalue weighted by atomic mass is 9.81. The van der Waals surface area contributed by atoms with Crippen LogP contribution in [0, 0.1) is 11.8 Å². The third kappa shape index (κ3) is 6.59. The van der Waals surface area contributed by atoms with Gasteiger partial charge < -0.3 is 52.8 Å². The van der Waals surface area contributed by atoms with Crippen molar-refractivity contribution in [1.82, 2.24) is 0 Å². The topological polar surface area (TPSA) is 141 Å².